The van der Waals surface area contributed by atoms with Crippen LogP contribution in [0.2, 0.25) is 0 Å². The summed E-state index contributed by atoms with van der Waals surface area (Å²) in [6.45, 7) is 1.69. The Bertz CT molecular complexity index is 769. The molecule has 3 rings (SSSR count). The van der Waals surface area contributed by atoms with E-state index in [-0.39, 0.29) is 0 Å². The number of halogens is 1. The van der Waals surface area contributed by atoms with Crippen molar-refractivity contribution in [2.75, 3.05) is 12.8 Å². The molecule has 2 heterocycles. The van der Waals surface area contributed by atoms with Crippen molar-refractivity contribution in [3.63, 3.8) is 0 Å². The smallest absolute Gasteiger partial charge is 0.0726 e. The lowest BCUT2D eigenvalue weighted by Gasteiger charge is -2.16. The molecule has 21 heavy (non-hydrogen) atoms. The van der Waals surface area contributed by atoms with Crippen LogP contribution in [0.15, 0.2) is 46.3 Å². The van der Waals surface area contributed by atoms with Gasteiger partial charge in [0.05, 0.1) is 11.2 Å². The lowest BCUT2D eigenvalue weighted by atomic mass is 10.1. The van der Waals surface area contributed by atoms with E-state index in [1.165, 1.54) is 4.88 Å². The van der Waals surface area contributed by atoms with Gasteiger partial charge in [0, 0.05) is 38.9 Å². The first-order valence-electron chi connectivity index (χ1n) is 6.67. The van der Waals surface area contributed by atoms with Crippen molar-refractivity contribution >= 4 is 43.9 Å². The summed E-state index contributed by atoms with van der Waals surface area (Å²) in [5.41, 5.74) is 8.88. The monoisotopic (exact) mass is 361 g/mol. The van der Waals surface area contributed by atoms with Crippen LogP contribution in [0.25, 0.3) is 10.9 Å². The molecule has 3 nitrogen and oxygen atoms in total. The maximum Gasteiger partial charge on any atom is 0.0726 e. The molecule has 0 unspecified atom stereocenters. The molecule has 0 saturated heterocycles. The molecule has 0 radical (unpaired) electrons. The van der Waals surface area contributed by atoms with Gasteiger partial charge < -0.3 is 5.73 Å². The zero-order valence-corrected chi connectivity index (χ0v) is 14.1. The molecule has 5 heteroatoms. The third-order valence-electron chi connectivity index (χ3n) is 3.28. The maximum atomic E-state index is 6.13. The number of anilines is 1. The second-order valence-electron chi connectivity index (χ2n) is 5.12. The van der Waals surface area contributed by atoms with Gasteiger partial charge in [0.2, 0.25) is 0 Å². The van der Waals surface area contributed by atoms with Crippen LogP contribution in [0.5, 0.6) is 0 Å². The van der Waals surface area contributed by atoms with Crippen LogP contribution in [0.3, 0.4) is 0 Å². The Hall–Kier alpha value is -1.43. The standard InChI is InChI=1S/C16H16BrN3S/c1-20(9-13-6-11(17)10-21-13)8-12-7-15(18)14-4-2-3-5-16(14)19-12/h2-7,10H,8-9H2,1H3,(H2,18,19). The number of pyridine rings is 1. The van der Waals surface area contributed by atoms with E-state index in [0.29, 0.717) is 0 Å². The fourth-order valence-corrected chi connectivity index (χ4v) is 3.91. The third-order valence-corrected chi connectivity index (χ3v) is 4.96. The number of hydrogen-bond acceptors (Lipinski definition) is 4. The first-order valence-corrected chi connectivity index (χ1v) is 8.34. The third kappa shape index (κ3) is 3.43. The van der Waals surface area contributed by atoms with Gasteiger partial charge in [-0.05, 0) is 41.2 Å². The number of para-hydroxylation sites is 1. The first-order chi connectivity index (χ1) is 10.1. The lowest BCUT2D eigenvalue weighted by Crippen LogP contribution is -2.17. The van der Waals surface area contributed by atoms with Gasteiger partial charge in [-0.2, -0.15) is 0 Å². The Morgan fingerprint density at radius 2 is 2.05 bits per heavy atom. The Kier molecular flexibility index (Phi) is 4.24. The van der Waals surface area contributed by atoms with Gasteiger partial charge in [-0.1, -0.05) is 18.2 Å². The molecule has 0 fully saturated rings. The number of rotatable bonds is 4. The van der Waals surface area contributed by atoms with Crippen LogP contribution in [0, 0.1) is 0 Å². The Labute approximate surface area is 136 Å². The number of hydrogen-bond donors (Lipinski definition) is 1. The highest BCUT2D eigenvalue weighted by Gasteiger charge is 2.07. The van der Waals surface area contributed by atoms with Crippen LogP contribution >= 0.6 is 27.3 Å². The largest absolute Gasteiger partial charge is 0.398 e. The summed E-state index contributed by atoms with van der Waals surface area (Å²) >= 11 is 5.25. The van der Waals surface area contributed by atoms with Crippen molar-refractivity contribution in [2.45, 2.75) is 13.1 Å². The summed E-state index contributed by atoms with van der Waals surface area (Å²) in [6, 6.07) is 12.1. The maximum absolute atomic E-state index is 6.13. The molecule has 2 N–H and O–H groups in total. The van der Waals surface area contributed by atoms with Gasteiger partial charge in [0.15, 0.2) is 0 Å². The van der Waals surface area contributed by atoms with Crippen molar-refractivity contribution in [2.24, 2.45) is 0 Å². The van der Waals surface area contributed by atoms with E-state index in [0.717, 1.165) is 39.8 Å². The molecule has 0 spiro atoms. The summed E-state index contributed by atoms with van der Waals surface area (Å²) in [4.78, 5) is 8.27. The van der Waals surface area contributed by atoms with E-state index in [2.05, 4.69) is 39.3 Å². The Morgan fingerprint density at radius 3 is 2.81 bits per heavy atom. The molecule has 1 aromatic carbocycles. The Balaban J connectivity index is 1.78. The van der Waals surface area contributed by atoms with Crippen molar-refractivity contribution in [3.05, 3.63) is 56.8 Å². The van der Waals surface area contributed by atoms with Gasteiger partial charge in [-0.25, -0.2) is 0 Å². The van der Waals surface area contributed by atoms with Gasteiger partial charge in [-0.15, -0.1) is 11.3 Å². The zero-order valence-electron chi connectivity index (χ0n) is 11.7. The minimum Gasteiger partial charge on any atom is -0.398 e. The summed E-state index contributed by atoms with van der Waals surface area (Å²) in [5.74, 6) is 0. The fourth-order valence-electron chi connectivity index (χ4n) is 2.38. The summed E-state index contributed by atoms with van der Waals surface area (Å²) in [5, 5.41) is 3.13. The van der Waals surface area contributed by atoms with Crippen molar-refractivity contribution < 1.29 is 0 Å². The van der Waals surface area contributed by atoms with E-state index in [9.17, 15) is 0 Å². The van der Waals surface area contributed by atoms with Crippen molar-refractivity contribution in [3.8, 4) is 0 Å². The van der Waals surface area contributed by atoms with E-state index < -0.39 is 0 Å². The van der Waals surface area contributed by atoms with Crippen molar-refractivity contribution in [1.29, 1.82) is 0 Å². The number of aromatic nitrogens is 1. The highest BCUT2D eigenvalue weighted by atomic mass is 79.9. The summed E-state index contributed by atoms with van der Waals surface area (Å²) < 4.78 is 1.14. The van der Waals surface area contributed by atoms with E-state index in [4.69, 9.17) is 10.7 Å². The molecular formula is C16H16BrN3S. The zero-order chi connectivity index (χ0) is 14.8. The number of nitrogens with zero attached hydrogens (tertiary/aromatic N) is 2. The minimum absolute atomic E-state index is 0.782. The predicted molar refractivity (Wildman–Crippen MR) is 93.3 cm³/mol. The number of nitrogen functional groups attached to an aromatic ring is 1. The molecule has 2 aromatic heterocycles. The van der Waals surface area contributed by atoms with E-state index in [1.807, 2.05) is 30.3 Å². The molecule has 0 aliphatic rings. The van der Waals surface area contributed by atoms with E-state index in [1.54, 1.807) is 11.3 Å². The van der Waals surface area contributed by atoms with Crippen LogP contribution in [0.4, 0.5) is 5.69 Å². The van der Waals surface area contributed by atoms with Gasteiger partial charge >= 0.3 is 0 Å². The van der Waals surface area contributed by atoms with Crippen LogP contribution in [-0.2, 0) is 13.1 Å². The number of thiophene rings is 1. The number of nitrogens with two attached hydrogens (primary N) is 1. The van der Waals surface area contributed by atoms with Gasteiger partial charge in [-0.3, -0.25) is 9.88 Å². The molecule has 0 amide bonds. The second kappa shape index (κ2) is 6.13. The minimum atomic E-state index is 0.782. The predicted octanol–water partition coefficient (Wildman–Crippen LogP) is 4.27. The first kappa shape index (κ1) is 14.5. The van der Waals surface area contributed by atoms with Crippen molar-refractivity contribution in [1.82, 2.24) is 9.88 Å². The topological polar surface area (TPSA) is 42.1 Å². The van der Waals surface area contributed by atoms with Crippen LogP contribution in [0.1, 0.15) is 10.6 Å². The average molecular weight is 362 g/mol. The average Bonchev–Trinajstić information content (AvgIpc) is 2.84. The van der Waals surface area contributed by atoms with Gasteiger partial charge in [0.1, 0.15) is 0 Å². The number of fused-ring (bicyclic) bond motifs is 1. The Morgan fingerprint density at radius 1 is 1.24 bits per heavy atom. The van der Waals surface area contributed by atoms with Crippen LogP contribution in [-0.4, -0.2) is 16.9 Å². The highest BCUT2D eigenvalue weighted by Crippen LogP contribution is 2.23. The quantitative estimate of drug-likeness (QED) is 0.754. The number of benzene rings is 1. The van der Waals surface area contributed by atoms with Crippen LogP contribution < -0.4 is 5.73 Å². The fraction of sp³-hybridized carbons (Fsp3) is 0.188. The molecule has 0 saturated carbocycles. The normalized spacial score (nSPS) is 11.4. The molecule has 0 aliphatic carbocycles. The highest BCUT2D eigenvalue weighted by molar-refractivity contribution is 9.10. The lowest BCUT2D eigenvalue weighted by molar-refractivity contribution is 0.318. The molecule has 108 valence electrons. The van der Waals surface area contributed by atoms with E-state index >= 15 is 0 Å². The SMILES string of the molecule is CN(Cc1cc(N)c2ccccc2n1)Cc1cc(Br)cs1. The molecular weight excluding hydrogens is 346 g/mol. The van der Waals surface area contributed by atoms with Gasteiger partial charge in [0.25, 0.3) is 0 Å². The molecule has 3 aromatic rings. The summed E-state index contributed by atoms with van der Waals surface area (Å²) in [7, 11) is 2.10. The molecule has 0 bridgehead atoms. The second-order valence-corrected chi connectivity index (χ2v) is 7.03. The molecule has 0 atom stereocenters. The summed E-state index contributed by atoms with van der Waals surface area (Å²) in [6.07, 6.45) is 0. The molecule has 0 aliphatic heterocycles.